The minimum absolute atomic E-state index is 0.162. The van der Waals surface area contributed by atoms with E-state index in [0.29, 0.717) is 25.5 Å². The van der Waals surface area contributed by atoms with Crippen LogP contribution in [-0.2, 0) is 10.0 Å². The zero-order valence-corrected chi connectivity index (χ0v) is 16.2. The predicted octanol–water partition coefficient (Wildman–Crippen LogP) is 2.95. The fourth-order valence-electron chi connectivity index (χ4n) is 2.22. The van der Waals surface area contributed by atoms with E-state index in [4.69, 9.17) is 0 Å². The van der Waals surface area contributed by atoms with Crippen LogP contribution < -0.4 is 10.0 Å². The lowest BCUT2D eigenvalue weighted by Gasteiger charge is -2.08. The number of aromatic nitrogens is 3. The first kappa shape index (κ1) is 18.2. The summed E-state index contributed by atoms with van der Waals surface area (Å²) in [6, 6.07) is 1.94. The largest absolute Gasteiger partial charge is 0.353 e. The quantitative estimate of drug-likeness (QED) is 0.539. The van der Waals surface area contributed by atoms with Crippen molar-refractivity contribution in [3.05, 3.63) is 23.0 Å². The molecular weight excluding hydrogens is 378 g/mol. The molecule has 0 spiro atoms. The van der Waals surface area contributed by atoms with Crippen molar-refractivity contribution in [3.8, 4) is 10.7 Å². The summed E-state index contributed by atoms with van der Waals surface area (Å²) in [6.07, 6.45) is 3.27. The number of fused-ring (bicyclic) bond motifs is 1. The van der Waals surface area contributed by atoms with Gasteiger partial charge in [0.2, 0.25) is 16.0 Å². The third kappa shape index (κ3) is 4.72. The topological polar surface area (TPSA) is 96.9 Å². The molecule has 0 fully saturated rings. The molecule has 0 saturated heterocycles. The predicted molar refractivity (Wildman–Crippen MR) is 104 cm³/mol. The Bertz CT molecular complexity index is 922. The molecule has 0 bridgehead atoms. The molecule has 3 aromatic rings. The second-order valence-corrected chi connectivity index (χ2v) is 9.10. The van der Waals surface area contributed by atoms with E-state index in [0.717, 1.165) is 27.3 Å². The molecule has 10 heteroatoms. The third-order valence-electron chi connectivity index (χ3n) is 3.44. The summed E-state index contributed by atoms with van der Waals surface area (Å²) in [4.78, 5) is 13.4. The second-order valence-electron chi connectivity index (χ2n) is 5.36. The lowest BCUT2D eigenvalue weighted by Crippen LogP contribution is -2.31. The van der Waals surface area contributed by atoms with Gasteiger partial charge in [0.15, 0.2) is 0 Å². The van der Waals surface area contributed by atoms with Crippen LogP contribution in [0.5, 0.6) is 0 Å². The standard InChI is InChI=1S/C15H19N5O2S3/c1-2-3-10-25(21,22)18-6-5-17-15-19-11-4-8-23-13(11)12(20-15)14-16-7-9-24-14/h4,7-9,18H,2-3,5-6,10H2,1H3,(H,17,19,20). The highest BCUT2D eigenvalue weighted by Crippen LogP contribution is 2.32. The summed E-state index contributed by atoms with van der Waals surface area (Å²) in [7, 11) is -3.20. The molecule has 134 valence electrons. The van der Waals surface area contributed by atoms with E-state index >= 15 is 0 Å². The van der Waals surface area contributed by atoms with Gasteiger partial charge < -0.3 is 5.32 Å². The van der Waals surface area contributed by atoms with Crippen molar-refractivity contribution in [2.45, 2.75) is 19.8 Å². The van der Waals surface area contributed by atoms with Gasteiger partial charge in [0.05, 0.1) is 16.0 Å². The minimum atomic E-state index is -3.20. The van der Waals surface area contributed by atoms with E-state index in [1.165, 1.54) is 11.3 Å². The number of hydrogen-bond acceptors (Lipinski definition) is 8. The number of nitrogens with zero attached hydrogens (tertiary/aromatic N) is 3. The average Bonchev–Trinajstić information content (AvgIpc) is 3.27. The Labute approximate surface area is 154 Å². The van der Waals surface area contributed by atoms with Gasteiger partial charge in [-0.3, -0.25) is 0 Å². The van der Waals surface area contributed by atoms with Gasteiger partial charge in [-0.15, -0.1) is 22.7 Å². The highest BCUT2D eigenvalue weighted by molar-refractivity contribution is 7.89. The first-order valence-electron chi connectivity index (χ1n) is 7.95. The van der Waals surface area contributed by atoms with Gasteiger partial charge in [-0.1, -0.05) is 13.3 Å². The van der Waals surface area contributed by atoms with Crippen molar-refractivity contribution in [1.82, 2.24) is 19.7 Å². The Kier molecular flexibility index (Phi) is 5.94. The van der Waals surface area contributed by atoms with Crippen LogP contribution in [0.3, 0.4) is 0 Å². The lowest BCUT2D eigenvalue weighted by atomic mass is 10.3. The number of nitrogens with one attached hydrogen (secondary N) is 2. The SMILES string of the molecule is CCCCS(=O)(=O)NCCNc1nc(-c2nccs2)c2sccc2n1. The molecule has 0 aliphatic heterocycles. The van der Waals surface area contributed by atoms with Crippen molar-refractivity contribution >= 4 is 48.9 Å². The van der Waals surface area contributed by atoms with Crippen LogP contribution in [0.25, 0.3) is 20.9 Å². The highest BCUT2D eigenvalue weighted by Gasteiger charge is 2.13. The Morgan fingerprint density at radius 1 is 1.16 bits per heavy atom. The van der Waals surface area contributed by atoms with Crippen LogP contribution in [-0.4, -0.2) is 42.2 Å². The summed E-state index contributed by atoms with van der Waals surface area (Å²) in [6.45, 7) is 2.68. The average molecular weight is 398 g/mol. The summed E-state index contributed by atoms with van der Waals surface area (Å²) < 4.78 is 27.1. The van der Waals surface area contributed by atoms with Crippen LogP contribution in [0.4, 0.5) is 5.95 Å². The first-order valence-corrected chi connectivity index (χ1v) is 11.4. The fourth-order valence-corrected chi connectivity index (χ4v) is 4.96. The molecule has 3 heterocycles. The van der Waals surface area contributed by atoms with E-state index in [2.05, 4.69) is 25.0 Å². The third-order valence-corrected chi connectivity index (χ3v) is 6.60. The number of anilines is 1. The summed E-state index contributed by atoms with van der Waals surface area (Å²) in [5.41, 5.74) is 1.66. The molecule has 3 rings (SSSR count). The molecular formula is C15H19N5O2S3. The number of rotatable bonds is 9. The van der Waals surface area contributed by atoms with Crippen LogP contribution in [0.1, 0.15) is 19.8 Å². The summed E-state index contributed by atoms with van der Waals surface area (Å²) >= 11 is 3.11. The van der Waals surface area contributed by atoms with Crippen LogP contribution in [0.2, 0.25) is 0 Å². The zero-order chi connectivity index (χ0) is 17.7. The molecule has 7 nitrogen and oxygen atoms in total. The molecule has 0 amide bonds. The normalized spacial score (nSPS) is 11.9. The molecule has 0 aliphatic rings. The molecule has 0 aliphatic carbocycles. The van der Waals surface area contributed by atoms with Crippen molar-refractivity contribution in [2.24, 2.45) is 0 Å². The molecule has 25 heavy (non-hydrogen) atoms. The van der Waals surface area contributed by atoms with Crippen molar-refractivity contribution in [2.75, 3.05) is 24.2 Å². The molecule has 0 radical (unpaired) electrons. The number of sulfonamides is 1. The smallest absolute Gasteiger partial charge is 0.224 e. The minimum Gasteiger partial charge on any atom is -0.353 e. The Morgan fingerprint density at radius 3 is 2.80 bits per heavy atom. The zero-order valence-electron chi connectivity index (χ0n) is 13.7. The van der Waals surface area contributed by atoms with Gasteiger partial charge >= 0.3 is 0 Å². The van der Waals surface area contributed by atoms with Crippen LogP contribution in [0.15, 0.2) is 23.0 Å². The van der Waals surface area contributed by atoms with E-state index in [1.54, 1.807) is 17.5 Å². The fraction of sp³-hybridized carbons (Fsp3) is 0.400. The maximum atomic E-state index is 11.8. The molecule has 0 saturated carbocycles. The molecule has 2 N–H and O–H groups in total. The van der Waals surface area contributed by atoms with Crippen LogP contribution >= 0.6 is 22.7 Å². The molecule has 0 unspecified atom stereocenters. The highest BCUT2D eigenvalue weighted by atomic mass is 32.2. The summed E-state index contributed by atoms with van der Waals surface area (Å²) in [5, 5.41) is 7.82. The van der Waals surface area contributed by atoms with Gasteiger partial charge in [0, 0.05) is 24.7 Å². The first-order chi connectivity index (χ1) is 12.1. The van der Waals surface area contributed by atoms with Gasteiger partial charge in [-0.05, 0) is 17.9 Å². The number of unbranched alkanes of at least 4 members (excludes halogenated alkanes) is 1. The van der Waals surface area contributed by atoms with Crippen LogP contribution in [0, 0.1) is 0 Å². The maximum Gasteiger partial charge on any atom is 0.224 e. The van der Waals surface area contributed by atoms with Crippen molar-refractivity contribution in [1.29, 1.82) is 0 Å². The molecule has 0 aromatic carbocycles. The Morgan fingerprint density at radius 2 is 2.04 bits per heavy atom. The van der Waals surface area contributed by atoms with Gasteiger partial charge in [0.25, 0.3) is 0 Å². The van der Waals surface area contributed by atoms with Crippen molar-refractivity contribution in [3.63, 3.8) is 0 Å². The Hall–Kier alpha value is -1.62. The molecule has 0 atom stereocenters. The van der Waals surface area contributed by atoms with Gasteiger partial charge in [-0.2, -0.15) is 0 Å². The van der Waals surface area contributed by atoms with Gasteiger partial charge in [-0.25, -0.2) is 28.1 Å². The monoisotopic (exact) mass is 397 g/mol. The number of hydrogen-bond donors (Lipinski definition) is 2. The van der Waals surface area contributed by atoms with E-state index in [9.17, 15) is 8.42 Å². The van der Waals surface area contributed by atoms with E-state index < -0.39 is 10.0 Å². The van der Waals surface area contributed by atoms with E-state index in [-0.39, 0.29) is 5.75 Å². The lowest BCUT2D eigenvalue weighted by molar-refractivity contribution is 0.579. The van der Waals surface area contributed by atoms with Gasteiger partial charge in [0.1, 0.15) is 10.7 Å². The van der Waals surface area contributed by atoms with Crippen molar-refractivity contribution < 1.29 is 8.42 Å². The number of thiophene rings is 1. The van der Waals surface area contributed by atoms with E-state index in [1.807, 2.05) is 23.8 Å². The Balaban J connectivity index is 1.66. The molecule has 3 aromatic heterocycles. The number of thiazole rings is 1. The second kappa shape index (κ2) is 8.17. The maximum absolute atomic E-state index is 11.8. The summed E-state index contributed by atoms with van der Waals surface area (Å²) in [5.74, 6) is 0.638.